The molecule has 1 fully saturated rings. The fraction of sp³-hybridized carbons (Fsp3) is 0.190. The minimum atomic E-state index is -0.786. The molecule has 2 amide bonds. The highest BCUT2D eigenvalue weighted by Crippen LogP contribution is 2.30. The van der Waals surface area contributed by atoms with E-state index in [0.717, 1.165) is 0 Å². The van der Waals surface area contributed by atoms with Gasteiger partial charge in [-0.2, -0.15) is 0 Å². The van der Waals surface area contributed by atoms with Crippen molar-refractivity contribution in [1.29, 1.82) is 0 Å². The maximum atomic E-state index is 13.9. The minimum Gasteiger partial charge on any atom is -0.494 e. The van der Waals surface area contributed by atoms with Crippen LogP contribution in [0.3, 0.4) is 0 Å². The molecule has 1 N–H and O–H groups in total. The Kier molecular flexibility index (Phi) is 5.69. The van der Waals surface area contributed by atoms with Gasteiger partial charge in [-0.1, -0.05) is 11.6 Å². The molecule has 1 unspecified atom stereocenters. The molecule has 0 saturated carbocycles. The summed E-state index contributed by atoms with van der Waals surface area (Å²) in [6.45, 7) is 0.451. The summed E-state index contributed by atoms with van der Waals surface area (Å²) < 4.78 is 18.8. The normalized spacial score (nSPS) is 16.0. The van der Waals surface area contributed by atoms with Gasteiger partial charge in [0.05, 0.1) is 12.8 Å². The van der Waals surface area contributed by atoms with Crippen molar-refractivity contribution in [2.75, 3.05) is 23.9 Å². The van der Waals surface area contributed by atoms with E-state index in [4.69, 9.17) is 16.3 Å². The van der Waals surface area contributed by atoms with E-state index >= 15 is 0 Å². The Morgan fingerprint density at radius 1 is 1.30 bits per heavy atom. The van der Waals surface area contributed by atoms with E-state index in [0.29, 0.717) is 40.1 Å². The van der Waals surface area contributed by atoms with Gasteiger partial charge < -0.3 is 15.0 Å². The van der Waals surface area contributed by atoms with Crippen LogP contribution in [0.25, 0.3) is 11.3 Å². The number of nitrogens with zero attached hydrogens (tertiary/aromatic N) is 2. The van der Waals surface area contributed by atoms with Crippen molar-refractivity contribution < 1.29 is 18.7 Å². The lowest BCUT2D eigenvalue weighted by Crippen LogP contribution is -2.33. The predicted molar refractivity (Wildman–Crippen MR) is 115 cm³/mol. The average molecular weight is 446 g/mol. The lowest BCUT2D eigenvalue weighted by atomic mass is 10.1. The number of methoxy groups -OCH3 is 1. The first-order valence-corrected chi connectivity index (χ1v) is 10.4. The molecular formula is C21H17ClFN3O3S. The summed E-state index contributed by atoms with van der Waals surface area (Å²) in [6.07, 6.45) is 0.412. The van der Waals surface area contributed by atoms with Crippen LogP contribution in [0.1, 0.15) is 6.42 Å². The summed E-state index contributed by atoms with van der Waals surface area (Å²) in [6, 6.07) is 11.4. The largest absolute Gasteiger partial charge is 0.494 e. The SMILES string of the molecule is COc1ccc(-c2csc(NC(=O)C3CCN(c4ccc(Cl)cc4)C3=O)n2)cc1F. The number of halogens is 2. The number of hydrogen-bond acceptors (Lipinski definition) is 5. The third-order valence-corrected chi connectivity index (χ3v) is 5.85. The zero-order valence-electron chi connectivity index (χ0n) is 15.9. The molecular weight excluding hydrogens is 429 g/mol. The summed E-state index contributed by atoms with van der Waals surface area (Å²) in [7, 11) is 1.40. The van der Waals surface area contributed by atoms with Crippen LogP contribution in [0, 0.1) is 11.7 Å². The van der Waals surface area contributed by atoms with Crippen molar-refractivity contribution in [2.45, 2.75) is 6.42 Å². The molecule has 0 aliphatic carbocycles. The molecule has 2 heterocycles. The Morgan fingerprint density at radius 3 is 2.77 bits per heavy atom. The zero-order valence-corrected chi connectivity index (χ0v) is 17.5. The molecule has 4 rings (SSSR count). The zero-order chi connectivity index (χ0) is 21.3. The van der Waals surface area contributed by atoms with Gasteiger partial charge in [0.15, 0.2) is 16.7 Å². The number of nitrogens with one attached hydrogen (secondary N) is 1. The second-order valence-electron chi connectivity index (χ2n) is 6.68. The quantitative estimate of drug-likeness (QED) is 0.582. The number of hydrogen-bond donors (Lipinski definition) is 1. The Labute approximate surface area is 181 Å². The fourth-order valence-electron chi connectivity index (χ4n) is 3.28. The Hall–Kier alpha value is -2.97. The smallest absolute Gasteiger partial charge is 0.239 e. The lowest BCUT2D eigenvalue weighted by Gasteiger charge is -2.16. The highest BCUT2D eigenvalue weighted by molar-refractivity contribution is 7.14. The highest BCUT2D eigenvalue weighted by Gasteiger charge is 2.37. The maximum absolute atomic E-state index is 13.9. The Morgan fingerprint density at radius 2 is 2.07 bits per heavy atom. The van der Waals surface area contributed by atoms with Gasteiger partial charge in [0.1, 0.15) is 5.92 Å². The van der Waals surface area contributed by atoms with Gasteiger partial charge >= 0.3 is 0 Å². The van der Waals surface area contributed by atoms with Gasteiger partial charge in [-0.3, -0.25) is 9.59 Å². The van der Waals surface area contributed by atoms with Crippen LogP contribution in [0.5, 0.6) is 5.75 Å². The third-order valence-electron chi connectivity index (χ3n) is 4.84. The molecule has 30 heavy (non-hydrogen) atoms. The third kappa shape index (κ3) is 4.01. The van der Waals surface area contributed by atoms with E-state index in [9.17, 15) is 14.0 Å². The molecule has 1 aromatic heterocycles. The van der Waals surface area contributed by atoms with Crippen molar-refractivity contribution in [3.8, 4) is 17.0 Å². The summed E-state index contributed by atoms with van der Waals surface area (Å²) >= 11 is 7.10. The van der Waals surface area contributed by atoms with E-state index in [1.165, 1.54) is 30.6 Å². The monoisotopic (exact) mass is 445 g/mol. The molecule has 1 aliphatic heterocycles. The van der Waals surface area contributed by atoms with Crippen molar-refractivity contribution in [1.82, 2.24) is 4.98 Å². The summed E-state index contributed by atoms with van der Waals surface area (Å²) in [5.74, 6) is -1.80. The van der Waals surface area contributed by atoms with Crippen LogP contribution in [-0.2, 0) is 9.59 Å². The number of carbonyl (C=O) groups is 2. The average Bonchev–Trinajstić information content (AvgIpc) is 3.35. The van der Waals surface area contributed by atoms with Gasteiger partial charge in [0, 0.05) is 28.2 Å². The minimum absolute atomic E-state index is 0.146. The molecule has 6 nitrogen and oxygen atoms in total. The molecule has 0 spiro atoms. The van der Waals surface area contributed by atoms with Crippen LogP contribution in [0.15, 0.2) is 47.8 Å². The predicted octanol–water partition coefficient (Wildman–Crippen LogP) is 4.60. The van der Waals surface area contributed by atoms with E-state index in [1.807, 2.05) is 0 Å². The molecule has 154 valence electrons. The van der Waals surface area contributed by atoms with E-state index in [-0.39, 0.29) is 11.7 Å². The molecule has 2 aromatic carbocycles. The summed E-state index contributed by atoms with van der Waals surface area (Å²) in [4.78, 5) is 31.3. The molecule has 0 bridgehead atoms. The second-order valence-corrected chi connectivity index (χ2v) is 7.98. The van der Waals surface area contributed by atoms with Crippen molar-refractivity contribution >= 4 is 45.6 Å². The van der Waals surface area contributed by atoms with Crippen molar-refractivity contribution in [3.63, 3.8) is 0 Å². The van der Waals surface area contributed by atoms with Gasteiger partial charge in [0.2, 0.25) is 11.8 Å². The first-order valence-electron chi connectivity index (χ1n) is 9.13. The molecule has 9 heteroatoms. The van der Waals surface area contributed by atoms with Crippen LogP contribution < -0.4 is 15.0 Å². The number of benzene rings is 2. The number of amides is 2. The molecule has 1 atom stereocenters. The van der Waals surface area contributed by atoms with Crippen molar-refractivity contribution in [3.05, 3.63) is 58.7 Å². The number of ether oxygens (including phenoxy) is 1. The summed E-state index contributed by atoms with van der Waals surface area (Å²) in [5.41, 5.74) is 1.80. The van der Waals surface area contributed by atoms with Crippen LogP contribution >= 0.6 is 22.9 Å². The Bertz CT molecular complexity index is 1100. The number of aromatic nitrogens is 1. The van der Waals surface area contributed by atoms with Crippen LogP contribution in [0.4, 0.5) is 15.2 Å². The van der Waals surface area contributed by atoms with Gasteiger partial charge in [0.25, 0.3) is 0 Å². The number of rotatable bonds is 5. The maximum Gasteiger partial charge on any atom is 0.239 e. The standard InChI is InChI=1S/C21H17ClFN3O3S/c1-29-18-7-2-12(10-16(18)23)17-11-30-21(24-17)25-19(27)15-8-9-26(20(15)28)14-5-3-13(22)4-6-14/h2-7,10-11,15H,8-9H2,1H3,(H,24,25,27). The van der Waals surface area contributed by atoms with E-state index in [2.05, 4.69) is 10.3 Å². The molecule has 3 aromatic rings. The molecule has 1 saturated heterocycles. The van der Waals surface area contributed by atoms with Crippen LogP contribution in [-0.4, -0.2) is 30.5 Å². The summed E-state index contributed by atoms with van der Waals surface area (Å²) in [5, 5.41) is 5.35. The highest BCUT2D eigenvalue weighted by atomic mass is 35.5. The van der Waals surface area contributed by atoms with Gasteiger partial charge in [-0.25, -0.2) is 9.37 Å². The molecule has 1 aliphatic rings. The number of anilines is 2. The lowest BCUT2D eigenvalue weighted by molar-refractivity contribution is -0.129. The number of carbonyl (C=O) groups excluding carboxylic acids is 2. The first kappa shape index (κ1) is 20.3. The fourth-order valence-corrected chi connectivity index (χ4v) is 4.13. The van der Waals surface area contributed by atoms with Gasteiger partial charge in [-0.15, -0.1) is 11.3 Å². The Balaban J connectivity index is 1.44. The van der Waals surface area contributed by atoms with E-state index in [1.54, 1.807) is 40.6 Å². The first-order chi connectivity index (χ1) is 14.5. The number of thiazole rings is 1. The molecule has 0 radical (unpaired) electrons. The van der Waals surface area contributed by atoms with Crippen LogP contribution in [0.2, 0.25) is 5.02 Å². The second kappa shape index (κ2) is 8.41. The van der Waals surface area contributed by atoms with Crippen molar-refractivity contribution in [2.24, 2.45) is 5.92 Å². The topological polar surface area (TPSA) is 71.5 Å². The van der Waals surface area contributed by atoms with E-state index < -0.39 is 17.6 Å². The van der Waals surface area contributed by atoms with Gasteiger partial charge in [-0.05, 0) is 48.9 Å².